The minimum absolute atomic E-state index is 0.173. The molecule has 0 fully saturated rings. The predicted octanol–water partition coefficient (Wildman–Crippen LogP) is -1.51. The number of nitrogens with one attached hydrogen (secondary N) is 4. The average molecular weight is 460 g/mol. The lowest BCUT2D eigenvalue weighted by Crippen LogP contribution is -2.57. The minimum Gasteiger partial charge on any atom is -0.480 e. The molecule has 2 aromatic rings. The molecule has 0 spiro atoms. The third kappa shape index (κ3) is 7.04. The molecular weight excluding hydrogens is 432 g/mol. The summed E-state index contributed by atoms with van der Waals surface area (Å²) in [7, 11) is 0. The average Bonchev–Trinajstić information content (AvgIpc) is 3.15. The first-order valence-electron chi connectivity index (χ1n) is 10.2. The summed E-state index contributed by atoms with van der Waals surface area (Å²) in [6.07, 6.45) is 1.40. The van der Waals surface area contributed by atoms with Crippen LogP contribution in [0.3, 0.4) is 0 Å². The number of carbonyl (C=O) groups is 5. The first-order chi connectivity index (χ1) is 15.5. The van der Waals surface area contributed by atoms with E-state index in [-0.39, 0.29) is 6.42 Å². The maximum Gasteiger partial charge on any atom is 0.325 e. The SMILES string of the molecule is CC(NC(=O)C(C)NC(=O)C(CC(N)=O)NC(=O)C(N)Cc1c[nH]c2ccccc12)C(=O)O. The molecule has 0 aliphatic heterocycles. The second kappa shape index (κ2) is 11.1. The number of para-hydroxylation sites is 1. The van der Waals surface area contributed by atoms with E-state index in [1.54, 1.807) is 6.20 Å². The van der Waals surface area contributed by atoms with E-state index in [0.29, 0.717) is 0 Å². The van der Waals surface area contributed by atoms with E-state index in [2.05, 4.69) is 20.9 Å². The number of carboxylic acids is 1. The molecule has 1 aromatic heterocycles. The van der Waals surface area contributed by atoms with Gasteiger partial charge in [0.2, 0.25) is 23.6 Å². The molecule has 1 heterocycles. The molecule has 178 valence electrons. The van der Waals surface area contributed by atoms with Gasteiger partial charge >= 0.3 is 5.97 Å². The van der Waals surface area contributed by atoms with Gasteiger partial charge in [0, 0.05) is 17.1 Å². The van der Waals surface area contributed by atoms with Crippen molar-refractivity contribution in [1.82, 2.24) is 20.9 Å². The summed E-state index contributed by atoms with van der Waals surface area (Å²) in [5, 5.41) is 16.7. The fourth-order valence-electron chi connectivity index (χ4n) is 3.10. The van der Waals surface area contributed by atoms with Crippen LogP contribution in [-0.2, 0) is 30.4 Å². The topological polar surface area (TPSA) is 209 Å². The number of nitrogens with two attached hydrogens (primary N) is 2. The molecule has 0 bridgehead atoms. The Balaban J connectivity index is 2.02. The zero-order valence-corrected chi connectivity index (χ0v) is 18.3. The molecule has 0 aliphatic carbocycles. The number of carbonyl (C=O) groups excluding carboxylic acids is 4. The maximum absolute atomic E-state index is 12.6. The highest BCUT2D eigenvalue weighted by Gasteiger charge is 2.28. The van der Waals surface area contributed by atoms with Crippen LogP contribution in [0.1, 0.15) is 25.8 Å². The van der Waals surface area contributed by atoms with Crippen molar-refractivity contribution in [2.75, 3.05) is 0 Å². The van der Waals surface area contributed by atoms with Crippen molar-refractivity contribution in [2.45, 2.75) is 50.9 Å². The van der Waals surface area contributed by atoms with Crippen molar-refractivity contribution in [3.8, 4) is 0 Å². The molecular formula is C21H28N6O6. The fourth-order valence-corrected chi connectivity index (χ4v) is 3.10. The second-order valence-electron chi connectivity index (χ2n) is 7.70. The Morgan fingerprint density at radius 3 is 2.24 bits per heavy atom. The lowest BCUT2D eigenvalue weighted by molar-refractivity contribution is -0.141. The Morgan fingerprint density at radius 1 is 0.970 bits per heavy atom. The minimum atomic E-state index is -1.36. The smallest absolute Gasteiger partial charge is 0.325 e. The summed E-state index contributed by atoms with van der Waals surface area (Å²) in [5.41, 5.74) is 12.9. The van der Waals surface area contributed by atoms with Crippen LogP contribution in [0.25, 0.3) is 10.9 Å². The monoisotopic (exact) mass is 460 g/mol. The van der Waals surface area contributed by atoms with Crippen LogP contribution in [-0.4, -0.2) is 63.9 Å². The predicted molar refractivity (Wildman–Crippen MR) is 119 cm³/mol. The molecule has 1 aromatic carbocycles. The van der Waals surface area contributed by atoms with E-state index < -0.39 is 60.2 Å². The van der Waals surface area contributed by atoms with Crippen molar-refractivity contribution in [2.24, 2.45) is 11.5 Å². The second-order valence-corrected chi connectivity index (χ2v) is 7.70. The maximum atomic E-state index is 12.6. The number of aromatic amines is 1. The number of rotatable bonds is 11. The van der Waals surface area contributed by atoms with Gasteiger partial charge in [-0.05, 0) is 31.9 Å². The molecule has 2 rings (SSSR count). The number of fused-ring (bicyclic) bond motifs is 1. The summed E-state index contributed by atoms with van der Waals surface area (Å²) >= 11 is 0. The number of aromatic nitrogens is 1. The van der Waals surface area contributed by atoms with Crippen LogP contribution >= 0.6 is 0 Å². The number of benzene rings is 1. The van der Waals surface area contributed by atoms with Gasteiger partial charge in [-0.25, -0.2) is 0 Å². The lowest BCUT2D eigenvalue weighted by Gasteiger charge is -2.22. The van der Waals surface area contributed by atoms with Crippen LogP contribution in [0.5, 0.6) is 0 Å². The van der Waals surface area contributed by atoms with E-state index in [9.17, 15) is 24.0 Å². The van der Waals surface area contributed by atoms with Gasteiger partial charge in [0.25, 0.3) is 0 Å². The normalized spacial score (nSPS) is 14.5. The Morgan fingerprint density at radius 2 is 1.61 bits per heavy atom. The zero-order valence-electron chi connectivity index (χ0n) is 18.3. The van der Waals surface area contributed by atoms with Crippen molar-refractivity contribution in [3.63, 3.8) is 0 Å². The van der Waals surface area contributed by atoms with Gasteiger partial charge in [-0.1, -0.05) is 18.2 Å². The Bertz CT molecular complexity index is 1050. The summed E-state index contributed by atoms with van der Waals surface area (Å²) in [6.45, 7) is 2.59. The number of hydrogen-bond acceptors (Lipinski definition) is 6. The van der Waals surface area contributed by atoms with Gasteiger partial charge < -0.3 is 37.5 Å². The molecule has 0 radical (unpaired) electrons. The Labute approximate surface area is 189 Å². The van der Waals surface area contributed by atoms with Crippen molar-refractivity contribution in [1.29, 1.82) is 0 Å². The van der Waals surface area contributed by atoms with E-state index >= 15 is 0 Å². The number of hydrogen-bond donors (Lipinski definition) is 7. The van der Waals surface area contributed by atoms with Gasteiger partial charge in [-0.15, -0.1) is 0 Å². The van der Waals surface area contributed by atoms with Gasteiger partial charge in [-0.3, -0.25) is 24.0 Å². The highest BCUT2D eigenvalue weighted by molar-refractivity contribution is 5.96. The molecule has 0 aliphatic rings. The first-order valence-corrected chi connectivity index (χ1v) is 10.2. The number of amides is 4. The molecule has 33 heavy (non-hydrogen) atoms. The molecule has 0 saturated carbocycles. The van der Waals surface area contributed by atoms with E-state index in [1.807, 2.05) is 24.3 Å². The Hall–Kier alpha value is -3.93. The lowest BCUT2D eigenvalue weighted by atomic mass is 10.0. The molecule has 4 unspecified atom stereocenters. The van der Waals surface area contributed by atoms with Crippen LogP contribution in [0.4, 0.5) is 0 Å². The molecule has 12 heteroatoms. The third-order valence-electron chi connectivity index (χ3n) is 4.97. The van der Waals surface area contributed by atoms with Crippen LogP contribution in [0.15, 0.2) is 30.5 Å². The molecule has 0 saturated heterocycles. The largest absolute Gasteiger partial charge is 0.480 e. The summed E-state index contributed by atoms with van der Waals surface area (Å²) in [4.78, 5) is 62.6. The van der Waals surface area contributed by atoms with E-state index in [0.717, 1.165) is 16.5 Å². The summed E-state index contributed by atoms with van der Waals surface area (Å²) < 4.78 is 0. The first kappa shape index (κ1) is 25.3. The van der Waals surface area contributed by atoms with Crippen molar-refractivity contribution in [3.05, 3.63) is 36.0 Å². The van der Waals surface area contributed by atoms with Crippen molar-refractivity contribution < 1.29 is 29.1 Å². The fraction of sp³-hybridized carbons (Fsp3) is 0.381. The van der Waals surface area contributed by atoms with Crippen LogP contribution in [0.2, 0.25) is 0 Å². The summed E-state index contributed by atoms with van der Waals surface area (Å²) in [6, 6.07) is 2.80. The van der Waals surface area contributed by atoms with Crippen LogP contribution in [0, 0.1) is 0 Å². The molecule has 9 N–H and O–H groups in total. The van der Waals surface area contributed by atoms with Gasteiger partial charge in [0.15, 0.2) is 0 Å². The quantitative estimate of drug-likeness (QED) is 0.210. The van der Waals surface area contributed by atoms with Gasteiger partial charge in [0.05, 0.1) is 12.5 Å². The number of aliphatic carboxylic acids is 1. The highest BCUT2D eigenvalue weighted by Crippen LogP contribution is 2.18. The Kier molecular flexibility index (Phi) is 8.51. The van der Waals surface area contributed by atoms with Crippen LogP contribution < -0.4 is 27.4 Å². The van der Waals surface area contributed by atoms with E-state index in [1.165, 1.54) is 13.8 Å². The van der Waals surface area contributed by atoms with Gasteiger partial charge in [-0.2, -0.15) is 0 Å². The molecule has 12 nitrogen and oxygen atoms in total. The van der Waals surface area contributed by atoms with E-state index in [4.69, 9.17) is 16.6 Å². The number of carboxylic acid groups (broad SMARTS) is 1. The number of primary amides is 1. The van der Waals surface area contributed by atoms with Crippen molar-refractivity contribution >= 4 is 40.5 Å². The zero-order chi connectivity index (χ0) is 24.7. The van der Waals surface area contributed by atoms with Gasteiger partial charge in [0.1, 0.15) is 18.1 Å². The number of H-pyrrole nitrogens is 1. The molecule has 4 atom stereocenters. The summed E-state index contributed by atoms with van der Waals surface area (Å²) in [5.74, 6) is -4.37. The third-order valence-corrected chi connectivity index (χ3v) is 4.97. The highest BCUT2D eigenvalue weighted by atomic mass is 16.4. The molecule has 4 amide bonds. The standard InChI is InChI=1S/C21H28N6O6/c1-10(18(29)26-11(2)21(32)33)25-20(31)16(8-17(23)28)27-19(30)14(22)7-12-9-24-15-6-4-3-5-13(12)15/h3-6,9-11,14,16,24H,7-8,22H2,1-2H3,(H2,23,28)(H,25,31)(H,26,29)(H,27,30)(H,32,33).